The Kier molecular flexibility index (Phi) is 5.84. The number of nitrogens with one attached hydrogen (secondary N) is 1. The molecule has 0 bridgehead atoms. The van der Waals surface area contributed by atoms with Crippen molar-refractivity contribution in [3.8, 4) is 22.0 Å². The molecule has 0 aliphatic rings. The van der Waals surface area contributed by atoms with Crippen LogP contribution in [-0.4, -0.2) is 31.5 Å². The number of rotatable bonds is 6. The summed E-state index contributed by atoms with van der Waals surface area (Å²) in [5, 5.41) is 18.2. The van der Waals surface area contributed by atoms with Gasteiger partial charge in [0.05, 0.1) is 16.1 Å². The molecule has 6 rings (SSSR count). The van der Waals surface area contributed by atoms with Gasteiger partial charge in [-0.15, -0.1) is 21.5 Å². The van der Waals surface area contributed by atoms with Crippen molar-refractivity contribution in [2.45, 2.75) is 0 Å². The molecular formula is C29H19N5O2S. The molecule has 7 nitrogen and oxygen atoms in total. The van der Waals surface area contributed by atoms with Gasteiger partial charge in [-0.2, -0.15) is 9.61 Å². The number of fused-ring (bicyclic) bond motifs is 1. The predicted octanol–water partition coefficient (Wildman–Crippen LogP) is 6.00. The number of nitrogens with zero attached hydrogens (tertiary/aromatic N) is 4. The molecule has 37 heavy (non-hydrogen) atoms. The summed E-state index contributed by atoms with van der Waals surface area (Å²) < 4.78 is 1.72. The summed E-state index contributed by atoms with van der Waals surface area (Å²) in [5.41, 5.74) is 3.96. The molecular weight excluding hydrogens is 482 g/mol. The van der Waals surface area contributed by atoms with Gasteiger partial charge in [0.1, 0.15) is 0 Å². The maximum atomic E-state index is 13.2. The Morgan fingerprint density at radius 1 is 0.757 bits per heavy atom. The number of hydrogen-bond donors (Lipinski definition) is 1. The van der Waals surface area contributed by atoms with E-state index in [-0.39, 0.29) is 11.7 Å². The Bertz CT molecular complexity index is 1740. The number of thiophene rings is 1. The van der Waals surface area contributed by atoms with E-state index in [1.165, 1.54) is 0 Å². The van der Waals surface area contributed by atoms with Crippen LogP contribution in [0.2, 0.25) is 0 Å². The normalized spacial score (nSPS) is 10.9. The van der Waals surface area contributed by atoms with E-state index < -0.39 is 0 Å². The monoisotopic (exact) mass is 501 g/mol. The maximum absolute atomic E-state index is 13.2. The van der Waals surface area contributed by atoms with Crippen molar-refractivity contribution in [3.63, 3.8) is 0 Å². The molecule has 3 heterocycles. The largest absolute Gasteiger partial charge is 0.322 e. The zero-order chi connectivity index (χ0) is 25.2. The molecule has 3 aromatic heterocycles. The van der Waals surface area contributed by atoms with Gasteiger partial charge in [0.15, 0.2) is 17.3 Å². The van der Waals surface area contributed by atoms with Gasteiger partial charge in [0.25, 0.3) is 5.91 Å². The van der Waals surface area contributed by atoms with Crippen LogP contribution >= 0.6 is 11.3 Å². The molecule has 0 unspecified atom stereocenters. The molecule has 1 N–H and O–H groups in total. The first-order valence-corrected chi connectivity index (χ1v) is 12.4. The van der Waals surface area contributed by atoms with Gasteiger partial charge >= 0.3 is 0 Å². The van der Waals surface area contributed by atoms with Crippen molar-refractivity contribution in [1.82, 2.24) is 19.8 Å². The van der Waals surface area contributed by atoms with Gasteiger partial charge in [-0.05, 0) is 41.8 Å². The summed E-state index contributed by atoms with van der Waals surface area (Å²) in [5.74, 6) is 0.114. The fourth-order valence-electron chi connectivity index (χ4n) is 4.08. The van der Waals surface area contributed by atoms with Gasteiger partial charge in [-0.25, -0.2) is 0 Å². The molecule has 8 heteroatoms. The minimum Gasteiger partial charge on any atom is -0.322 e. The standard InChI is InChI=1S/C29H19N5O2S/c35-27(19-8-2-1-3-9-19)22-12-4-5-13-23(22)29(36)30-21-11-6-10-20(18-21)24-15-16-26-31-32-28(34(26)33-24)25-14-7-17-37-25/h1-18H,(H,30,36). The van der Waals surface area contributed by atoms with Gasteiger partial charge < -0.3 is 5.32 Å². The zero-order valence-electron chi connectivity index (χ0n) is 19.4. The second-order valence-corrected chi connectivity index (χ2v) is 9.21. The van der Waals surface area contributed by atoms with Crippen molar-refractivity contribution in [3.05, 3.63) is 125 Å². The van der Waals surface area contributed by atoms with Crippen LogP contribution in [0.3, 0.4) is 0 Å². The number of benzene rings is 3. The van der Waals surface area contributed by atoms with Crippen LogP contribution < -0.4 is 5.32 Å². The van der Waals surface area contributed by atoms with Crippen LogP contribution in [0.4, 0.5) is 5.69 Å². The van der Waals surface area contributed by atoms with Gasteiger partial charge in [0, 0.05) is 22.4 Å². The third kappa shape index (κ3) is 4.41. The lowest BCUT2D eigenvalue weighted by atomic mass is 9.98. The second kappa shape index (κ2) is 9.60. The van der Waals surface area contributed by atoms with E-state index in [9.17, 15) is 9.59 Å². The van der Waals surface area contributed by atoms with Crippen LogP contribution in [0.25, 0.3) is 27.6 Å². The molecule has 1 amide bonds. The van der Waals surface area contributed by atoms with Gasteiger partial charge in [-0.1, -0.05) is 66.7 Å². The number of anilines is 1. The fourth-order valence-corrected chi connectivity index (χ4v) is 4.77. The lowest BCUT2D eigenvalue weighted by molar-refractivity contribution is 0.0996. The predicted molar refractivity (Wildman–Crippen MR) is 144 cm³/mol. The lowest BCUT2D eigenvalue weighted by Crippen LogP contribution is -2.17. The van der Waals surface area contributed by atoms with Crippen LogP contribution in [0.1, 0.15) is 26.3 Å². The van der Waals surface area contributed by atoms with Crippen LogP contribution in [0.5, 0.6) is 0 Å². The van der Waals surface area contributed by atoms with E-state index in [1.807, 2.05) is 53.9 Å². The SMILES string of the molecule is O=C(Nc1cccc(-c2ccc3nnc(-c4cccs4)n3n2)c1)c1ccccc1C(=O)c1ccccc1. The molecule has 178 valence electrons. The smallest absolute Gasteiger partial charge is 0.256 e. The van der Waals surface area contributed by atoms with Gasteiger partial charge in [-0.3, -0.25) is 9.59 Å². The minimum absolute atomic E-state index is 0.201. The molecule has 6 aromatic rings. The summed E-state index contributed by atoms with van der Waals surface area (Å²) in [7, 11) is 0. The molecule has 3 aromatic carbocycles. The summed E-state index contributed by atoms with van der Waals surface area (Å²) >= 11 is 1.57. The van der Waals surface area contributed by atoms with Crippen LogP contribution in [0.15, 0.2) is 109 Å². The number of carbonyl (C=O) groups is 2. The third-order valence-electron chi connectivity index (χ3n) is 5.87. The van der Waals surface area contributed by atoms with E-state index in [4.69, 9.17) is 5.10 Å². The first-order chi connectivity index (χ1) is 18.2. The van der Waals surface area contributed by atoms with Crippen molar-refractivity contribution in [1.29, 1.82) is 0 Å². The van der Waals surface area contributed by atoms with E-state index in [0.717, 1.165) is 10.4 Å². The number of aromatic nitrogens is 4. The zero-order valence-corrected chi connectivity index (χ0v) is 20.2. The average Bonchev–Trinajstić information content (AvgIpc) is 3.63. The van der Waals surface area contributed by atoms with Gasteiger partial charge in [0.2, 0.25) is 0 Å². The average molecular weight is 502 g/mol. The molecule has 0 radical (unpaired) electrons. The Morgan fingerprint density at radius 2 is 1.57 bits per heavy atom. The van der Waals surface area contributed by atoms with E-state index in [0.29, 0.717) is 39.5 Å². The Morgan fingerprint density at radius 3 is 2.38 bits per heavy atom. The van der Waals surface area contributed by atoms with E-state index in [1.54, 1.807) is 70.4 Å². The highest BCUT2D eigenvalue weighted by Crippen LogP contribution is 2.26. The minimum atomic E-state index is -0.362. The topological polar surface area (TPSA) is 89.2 Å². The highest BCUT2D eigenvalue weighted by molar-refractivity contribution is 7.13. The molecule has 0 saturated carbocycles. The molecule has 0 fully saturated rings. The lowest BCUT2D eigenvalue weighted by Gasteiger charge is -2.11. The van der Waals surface area contributed by atoms with Crippen molar-refractivity contribution in [2.75, 3.05) is 5.32 Å². The molecule has 0 aliphatic heterocycles. The Balaban J connectivity index is 1.29. The summed E-state index contributed by atoms with van der Waals surface area (Å²) in [6, 6.07) is 30.9. The summed E-state index contributed by atoms with van der Waals surface area (Å²) in [6.45, 7) is 0. The quantitative estimate of drug-likeness (QED) is 0.283. The van der Waals surface area contributed by atoms with Crippen LogP contribution in [-0.2, 0) is 0 Å². The Hall–Kier alpha value is -4.95. The number of carbonyl (C=O) groups excluding carboxylic acids is 2. The highest BCUT2D eigenvalue weighted by atomic mass is 32.1. The van der Waals surface area contributed by atoms with Crippen molar-refractivity contribution < 1.29 is 9.59 Å². The molecule has 0 atom stereocenters. The molecule has 0 saturated heterocycles. The summed E-state index contributed by atoms with van der Waals surface area (Å²) in [4.78, 5) is 27.3. The fraction of sp³-hybridized carbons (Fsp3) is 0. The Labute approximate surface area is 216 Å². The van der Waals surface area contributed by atoms with E-state index >= 15 is 0 Å². The number of ketones is 1. The van der Waals surface area contributed by atoms with Crippen molar-refractivity contribution in [2.24, 2.45) is 0 Å². The first kappa shape index (κ1) is 22.5. The number of hydrogen-bond acceptors (Lipinski definition) is 6. The van der Waals surface area contributed by atoms with Crippen molar-refractivity contribution >= 4 is 34.4 Å². The van der Waals surface area contributed by atoms with E-state index in [2.05, 4.69) is 15.5 Å². The second-order valence-electron chi connectivity index (χ2n) is 8.27. The summed E-state index contributed by atoms with van der Waals surface area (Å²) in [6.07, 6.45) is 0. The maximum Gasteiger partial charge on any atom is 0.256 e. The molecule has 0 aliphatic carbocycles. The molecule has 0 spiro atoms. The number of amides is 1. The highest BCUT2D eigenvalue weighted by Gasteiger charge is 2.18. The van der Waals surface area contributed by atoms with Crippen LogP contribution in [0, 0.1) is 0 Å². The third-order valence-corrected chi connectivity index (χ3v) is 6.74. The first-order valence-electron chi connectivity index (χ1n) is 11.5.